The molecule has 3 aliphatic rings. The standard InChI is InChI=1S/C27H34F3N5O2.ClH/c1-26(2,31)25(37)33-14-11-18(12-15-33)35-23(17-9-10-17)20(16-32-35)24(36)34-13-5-8-22(34)19-6-3-4-7-21(19)27(28,29)30;/h3-4,6-7,16-18,22H,5,8-15,31H2,1-2H3;1H. The van der Waals surface area contributed by atoms with E-state index in [0.29, 0.717) is 50.9 Å². The summed E-state index contributed by atoms with van der Waals surface area (Å²) in [6, 6.07) is 5.00. The number of amides is 2. The van der Waals surface area contributed by atoms with Gasteiger partial charge in [0.25, 0.3) is 5.91 Å². The molecule has 7 nitrogen and oxygen atoms in total. The van der Waals surface area contributed by atoms with E-state index < -0.39 is 23.3 Å². The Morgan fingerprint density at radius 1 is 1.00 bits per heavy atom. The van der Waals surface area contributed by atoms with Crippen LogP contribution in [0, 0.1) is 0 Å². The van der Waals surface area contributed by atoms with Crippen molar-refractivity contribution in [2.45, 2.75) is 82.1 Å². The minimum Gasteiger partial charge on any atom is -0.341 e. The predicted octanol–water partition coefficient (Wildman–Crippen LogP) is 5.08. The Labute approximate surface area is 226 Å². The van der Waals surface area contributed by atoms with Crippen molar-refractivity contribution in [3.05, 3.63) is 52.8 Å². The van der Waals surface area contributed by atoms with Gasteiger partial charge in [0.1, 0.15) is 0 Å². The number of benzene rings is 1. The van der Waals surface area contributed by atoms with Crippen LogP contribution in [-0.2, 0) is 11.0 Å². The van der Waals surface area contributed by atoms with Gasteiger partial charge in [-0.05, 0) is 64.0 Å². The summed E-state index contributed by atoms with van der Waals surface area (Å²) in [5.41, 5.74) is 5.94. The Balaban J connectivity index is 0.00000336. The van der Waals surface area contributed by atoms with Gasteiger partial charge in [0.15, 0.2) is 0 Å². The lowest BCUT2D eigenvalue weighted by molar-refractivity contribution is -0.139. The highest BCUT2D eigenvalue weighted by molar-refractivity contribution is 5.96. The number of halogens is 4. The Morgan fingerprint density at radius 3 is 2.26 bits per heavy atom. The fourth-order valence-corrected chi connectivity index (χ4v) is 5.85. The van der Waals surface area contributed by atoms with Crippen molar-refractivity contribution < 1.29 is 22.8 Å². The summed E-state index contributed by atoms with van der Waals surface area (Å²) < 4.78 is 43.2. The maximum Gasteiger partial charge on any atom is 0.416 e. The van der Waals surface area contributed by atoms with Crippen molar-refractivity contribution in [1.82, 2.24) is 19.6 Å². The molecule has 2 N–H and O–H groups in total. The molecular formula is C27H35ClF3N5O2. The molecule has 1 saturated carbocycles. The summed E-state index contributed by atoms with van der Waals surface area (Å²) >= 11 is 0. The van der Waals surface area contributed by atoms with Crippen molar-refractivity contribution >= 4 is 24.2 Å². The van der Waals surface area contributed by atoms with Crippen LogP contribution in [-0.4, -0.2) is 56.6 Å². The zero-order valence-corrected chi connectivity index (χ0v) is 22.5. The van der Waals surface area contributed by atoms with Crippen LogP contribution in [0.1, 0.15) is 97.6 Å². The molecule has 0 radical (unpaired) electrons. The maximum atomic E-state index is 13.8. The lowest BCUT2D eigenvalue weighted by atomic mass is 9.97. The third-order valence-corrected chi connectivity index (χ3v) is 7.82. The first-order chi connectivity index (χ1) is 17.5. The molecule has 2 saturated heterocycles. The average Bonchev–Trinajstić information content (AvgIpc) is 3.40. The summed E-state index contributed by atoms with van der Waals surface area (Å²) in [6.07, 6.45) is 1.62. The molecule has 1 aliphatic carbocycles. The fourth-order valence-electron chi connectivity index (χ4n) is 5.85. The fraction of sp³-hybridized carbons (Fsp3) is 0.593. The molecule has 1 aromatic heterocycles. The lowest BCUT2D eigenvalue weighted by Gasteiger charge is -2.36. The van der Waals surface area contributed by atoms with E-state index in [1.807, 2.05) is 4.68 Å². The largest absolute Gasteiger partial charge is 0.416 e. The number of likely N-dealkylation sites (tertiary alicyclic amines) is 2. The van der Waals surface area contributed by atoms with E-state index in [-0.39, 0.29) is 41.7 Å². The normalized spacial score (nSPS) is 20.9. The van der Waals surface area contributed by atoms with E-state index in [1.165, 1.54) is 12.1 Å². The van der Waals surface area contributed by atoms with Crippen LogP contribution in [0.4, 0.5) is 13.2 Å². The van der Waals surface area contributed by atoms with Crippen LogP contribution < -0.4 is 5.73 Å². The Kier molecular flexibility index (Phi) is 7.87. The first-order valence-electron chi connectivity index (χ1n) is 13.1. The zero-order valence-electron chi connectivity index (χ0n) is 21.7. The maximum absolute atomic E-state index is 13.8. The molecular weight excluding hydrogens is 519 g/mol. The Morgan fingerprint density at radius 2 is 1.66 bits per heavy atom. The van der Waals surface area contributed by atoms with Gasteiger partial charge < -0.3 is 15.5 Å². The van der Waals surface area contributed by atoms with Crippen LogP contribution >= 0.6 is 12.4 Å². The molecule has 38 heavy (non-hydrogen) atoms. The SMILES string of the molecule is CC(C)(N)C(=O)N1CCC(n2ncc(C(=O)N3CCCC3c3ccccc3C(F)(F)F)c2C2CC2)CC1.Cl. The second-order valence-corrected chi connectivity index (χ2v) is 11.1. The van der Waals surface area contributed by atoms with Crippen LogP contribution in [0.2, 0.25) is 0 Å². The quantitative estimate of drug-likeness (QED) is 0.560. The number of nitrogens with two attached hydrogens (primary N) is 1. The van der Waals surface area contributed by atoms with Crippen LogP contribution in [0.15, 0.2) is 30.5 Å². The van der Waals surface area contributed by atoms with Crippen molar-refractivity contribution in [2.24, 2.45) is 5.73 Å². The Hall–Kier alpha value is -2.59. The van der Waals surface area contributed by atoms with Crippen LogP contribution in [0.5, 0.6) is 0 Å². The zero-order chi connectivity index (χ0) is 26.5. The second kappa shape index (κ2) is 10.5. The van der Waals surface area contributed by atoms with Crippen molar-refractivity contribution in [1.29, 1.82) is 0 Å². The summed E-state index contributed by atoms with van der Waals surface area (Å²) in [4.78, 5) is 29.8. The van der Waals surface area contributed by atoms with Crippen molar-refractivity contribution in [2.75, 3.05) is 19.6 Å². The monoisotopic (exact) mass is 553 g/mol. The van der Waals surface area contributed by atoms with Gasteiger partial charge in [-0.15, -0.1) is 12.4 Å². The molecule has 2 amide bonds. The minimum atomic E-state index is -4.48. The summed E-state index contributed by atoms with van der Waals surface area (Å²) in [5.74, 6) is -0.0957. The van der Waals surface area contributed by atoms with Crippen molar-refractivity contribution in [3.63, 3.8) is 0 Å². The number of alkyl halides is 3. The predicted molar refractivity (Wildman–Crippen MR) is 139 cm³/mol. The number of hydrogen-bond acceptors (Lipinski definition) is 4. The molecule has 2 aromatic rings. The number of carbonyl (C=O) groups excluding carboxylic acids is 2. The molecule has 1 aromatic carbocycles. The molecule has 5 rings (SSSR count). The molecule has 1 unspecified atom stereocenters. The topological polar surface area (TPSA) is 84.5 Å². The number of nitrogens with zero attached hydrogens (tertiary/aromatic N) is 4. The van der Waals surface area contributed by atoms with E-state index in [9.17, 15) is 22.8 Å². The molecule has 3 fully saturated rings. The summed E-state index contributed by atoms with van der Waals surface area (Å²) in [6.45, 7) is 4.97. The third-order valence-electron chi connectivity index (χ3n) is 7.82. The highest BCUT2D eigenvalue weighted by Crippen LogP contribution is 2.45. The number of aromatic nitrogens is 2. The Bertz CT molecular complexity index is 1180. The summed E-state index contributed by atoms with van der Waals surface area (Å²) in [5, 5.41) is 4.63. The smallest absolute Gasteiger partial charge is 0.341 e. The van der Waals surface area contributed by atoms with Gasteiger partial charge in [0.05, 0.1) is 40.6 Å². The highest BCUT2D eigenvalue weighted by Gasteiger charge is 2.42. The number of piperidine rings is 1. The molecule has 208 valence electrons. The van der Waals surface area contributed by atoms with Crippen LogP contribution in [0.25, 0.3) is 0 Å². The van der Waals surface area contributed by atoms with Gasteiger partial charge in [-0.2, -0.15) is 18.3 Å². The third kappa shape index (κ3) is 5.43. The van der Waals surface area contributed by atoms with Gasteiger partial charge in [-0.25, -0.2) is 0 Å². The van der Waals surface area contributed by atoms with Gasteiger partial charge in [0, 0.05) is 25.6 Å². The second-order valence-electron chi connectivity index (χ2n) is 11.1. The van der Waals surface area contributed by atoms with Crippen molar-refractivity contribution in [3.8, 4) is 0 Å². The van der Waals surface area contributed by atoms with E-state index in [1.54, 1.807) is 35.9 Å². The van der Waals surface area contributed by atoms with Crippen LogP contribution in [0.3, 0.4) is 0 Å². The number of carbonyl (C=O) groups is 2. The lowest BCUT2D eigenvalue weighted by Crippen LogP contribution is -2.53. The molecule has 2 aliphatic heterocycles. The van der Waals surface area contributed by atoms with E-state index in [0.717, 1.165) is 24.6 Å². The molecule has 1 atom stereocenters. The molecule has 0 bridgehead atoms. The van der Waals surface area contributed by atoms with E-state index in [4.69, 9.17) is 5.73 Å². The van der Waals surface area contributed by atoms with Gasteiger partial charge in [-0.3, -0.25) is 14.3 Å². The van der Waals surface area contributed by atoms with Gasteiger partial charge in [-0.1, -0.05) is 18.2 Å². The van der Waals surface area contributed by atoms with E-state index in [2.05, 4.69) is 5.10 Å². The summed E-state index contributed by atoms with van der Waals surface area (Å²) in [7, 11) is 0. The highest BCUT2D eigenvalue weighted by atomic mass is 35.5. The van der Waals surface area contributed by atoms with Gasteiger partial charge >= 0.3 is 6.18 Å². The average molecular weight is 554 g/mol. The first kappa shape index (κ1) is 28.4. The van der Waals surface area contributed by atoms with E-state index >= 15 is 0 Å². The minimum absolute atomic E-state index is 0. The first-order valence-corrected chi connectivity index (χ1v) is 13.1. The molecule has 11 heteroatoms. The van der Waals surface area contributed by atoms with Gasteiger partial charge in [0.2, 0.25) is 5.91 Å². The molecule has 3 heterocycles. The molecule has 0 spiro atoms. The number of rotatable bonds is 5. The number of hydrogen-bond donors (Lipinski definition) is 1.